The normalized spacial score (nSPS) is 12.8. The van der Waals surface area contributed by atoms with Crippen LogP contribution in [-0.4, -0.2) is 45.8 Å². The molecule has 8 heteroatoms. The van der Waals surface area contributed by atoms with Crippen LogP contribution in [0.5, 0.6) is 0 Å². The van der Waals surface area contributed by atoms with Crippen molar-refractivity contribution in [3.8, 4) is 0 Å². The van der Waals surface area contributed by atoms with Crippen molar-refractivity contribution in [3.05, 3.63) is 23.8 Å². The van der Waals surface area contributed by atoms with E-state index in [0.717, 1.165) is 6.42 Å². The smallest absolute Gasteiger partial charge is 0.337 e. The number of hydrogen-bond donors (Lipinski definition) is 3. The monoisotopic (exact) mass is 344 g/mol. The minimum absolute atomic E-state index is 0.0601. The predicted molar refractivity (Wildman–Crippen MR) is 88.5 cm³/mol. The Morgan fingerprint density at radius 3 is 2.65 bits per heavy atom. The van der Waals surface area contributed by atoms with Crippen molar-refractivity contribution in [3.63, 3.8) is 0 Å². The van der Waals surface area contributed by atoms with Gasteiger partial charge in [-0.1, -0.05) is 13.3 Å². The average molecular weight is 344 g/mol. The van der Waals surface area contributed by atoms with Crippen LogP contribution in [0.3, 0.4) is 0 Å². The van der Waals surface area contributed by atoms with E-state index in [1.54, 1.807) is 14.0 Å². The number of anilines is 1. The van der Waals surface area contributed by atoms with Gasteiger partial charge in [0.2, 0.25) is 10.0 Å². The first-order chi connectivity index (χ1) is 10.8. The number of benzene rings is 1. The number of nitrogens with one attached hydrogen (secondary N) is 2. The van der Waals surface area contributed by atoms with Crippen molar-refractivity contribution in [2.45, 2.75) is 37.6 Å². The second-order valence-electron chi connectivity index (χ2n) is 5.24. The van der Waals surface area contributed by atoms with E-state index in [1.807, 2.05) is 6.92 Å². The lowest BCUT2D eigenvalue weighted by atomic mass is 10.2. The van der Waals surface area contributed by atoms with Gasteiger partial charge < -0.3 is 15.2 Å². The van der Waals surface area contributed by atoms with E-state index in [0.29, 0.717) is 25.3 Å². The molecule has 0 spiro atoms. The Morgan fingerprint density at radius 2 is 2.09 bits per heavy atom. The lowest BCUT2D eigenvalue weighted by Gasteiger charge is -2.15. The van der Waals surface area contributed by atoms with E-state index < -0.39 is 16.0 Å². The summed E-state index contributed by atoms with van der Waals surface area (Å²) in [5.74, 6) is -1.19. The van der Waals surface area contributed by atoms with Gasteiger partial charge in [0.15, 0.2) is 0 Å². The summed E-state index contributed by atoms with van der Waals surface area (Å²) < 4.78 is 32.1. The maximum absolute atomic E-state index is 12.3. The second-order valence-corrected chi connectivity index (χ2v) is 6.96. The largest absolute Gasteiger partial charge is 0.478 e. The van der Waals surface area contributed by atoms with Crippen LogP contribution < -0.4 is 10.0 Å². The summed E-state index contributed by atoms with van der Waals surface area (Å²) in [7, 11) is -2.21. The van der Waals surface area contributed by atoms with Gasteiger partial charge in [-0.3, -0.25) is 0 Å². The summed E-state index contributed by atoms with van der Waals surface area (Å²) in [6.07, 6.45) is 1.56. The van der Waals surface area contributed by atoms with E-state index in [1.165, 1.54) is 18.2 Å². The van der Waals surface area contributed by atoms with E-state index in [9.17, 15) is 18.3 Å². The van der Waals surface area contributed by atoms with Gasteiger partial charge in [-0.05, 0) is 31.5 Å². The number of sulfonamides is 1. The molecule has 1 aromatic rings. The van der Waals surface area contributed by atoms with Crippen LogP contribution in [0.25, 0.3) is 0 Å². The van der Waals surface area contributed by atoms with Crippen LogP contribution in [-0.2, 0) is 14.8 Å². The zero-order valence-corrected chi connectivity index (χ0v) is 14.4. The minimum atomic E-state index is -3.75. The molecule has 23 heavy (non-hydrogen) atoms. The Hall–Kier alpha value is -1.64. The van der Waals surface area contributed by atoms with Gasteiger partial charge in [0, 0.05) is 25.4 Å². The van der Waals surface area contributed by atoms with Crippen molar-refractivity contribution >= 4 is 21.7 Å². The minimum Gasteiger partial charge on any atom is -0.478 e. The molecule has 7 nitrogen and oxygen atoms in total. The van der Waals surface area contributed by atoms with Crippen molar-refractivity contribution in [2.75, 3.05) is 25.6 Å². The highest BCUT2D eigenvalue weighted by Gasteiger charge is 2.20. The zero-order chi connectivity index (χ0) is 17.5. The lowest BCUT2D eigenvalue weighted by molar-refractivity contribution is 0.0697. The van der Waals surface area contributed by atoms with Crippen LogP contribution in [0.4, 0.5) is 5.69 Å². The summed E-state index contributed by atoms with van der Waals surface area (Å²) in [5.41, 5.74) is 0.266. The molecule has 0 aliphatic heterocycles. The second kappa shape index (κ2) is 8.85. The quantitative estimate of drug-likeness (QED) is 0.560. The third kappa shape index (κ3) is 5.81. The fourth-order valence-corrected chi connectivity index (χ4v) is 3.44. The number of ether oxygens (including phenoxy) is 1. The Kier molecular flexibility index (Phi) is 7.47. The fourth-order valence-electron chi connectivity index (χ4n) is 2.13. The summed E-state index contributed by atoms with van der Waals surface area (Å²) in [5, 5.41) is 12.2. The first-order valence-corrected chi connectivity index (χ1v) is 8.92. The van der Waals surface area contributed by atoms with Crippen molar-refractivity contribution in [2.24, 2.45) is 0 Å². The van der Waals surface area contributed by atoms with E-state index >= 15 is 0 Å². The molecule has 0 fully saturated rings. The Labute approximate surface area is 137 Å². The van der Waals surface area contributed by atoms with Crippen LogP contribution in [0, 0.1) is 0 Å². The molecule has 1 aromatic carbocycles. The number of carboxylic acids is 1. The van der Waals surface area contributed by atoms with E-state index in [-0.39, 0.29) is 16.5 Å². The molecule has 3 N–H and O–H groups in total. The van der Waals surface area contributed by atoms with Crippen LogP contribution in [0.2, 0.25) is 0 Å². The van der Waals surface area contributed by atoms with Gasteiger partial charge in [-0.2, -0.15) is 0 Å². The highest BCUT2D eigenvalue weighted by molar-refractivity contribution is 7.89. The topological polar surface area (TPSA) is 105 Å². The van der Waals surface area contributed by atoms with Crippen molar-refractivity contribution < 1.29 is 23.1 Å². The highest BCUT2D eigenvalue weighted by Crippen LogP contribution is 2.21. The summed E-state index contributed by atoms with van der Waals surface area (Å²) in [4.78, 5) is 11.3. The molecule has 0 unspecified atom stereocenters. The average Bonchev–Trinajstić information content (AvgIpc) is 2.47. The van der Waals surface area contributed by atoms with Gasteiger partial charge in [0.1, 0.15) is 0 Å². The number of carbonyl (C=O) groups is 1. The van der Waals surface area contributed by atoms with Crippen LogP contribution >= 0.6 is 0 Å². The first kappa shape index (κ1) is 19.4. The van der Waals surface area contributed by atoms with E-state index in [4.69, 9.17) is 4.74 Å². The number of methoxy groups -OCH3 is 1. The summed E-state index contributed by atoms with van der Waals surface area (Å²) >= 11 is 0. The third-order valence-corrected chi connectivity index (χ3v) is 4.82. The number of aromatic carboxylic acids is 1. The molecule has 0 aliphatic rings. The van der Waals surface area contributed by atoms with Crippen LogP contribution in [0.15, 0.2) is 23.1 Å². The molecule has 0 amide bonds. The van der Waals surface area contributed by atoms with Crippen molar-refractivity contribution in [1.82, 2.24) is 4.72 Å². The van der Waals surface area contributed by atoms with Crippen molar-refractivity contribution in [1.29, 1.82) is 0 Å². The highest BCUT2D eigenvalue weighted by atomic mass is 32.2. The Bertz CT molecular complexity index is 631. The number of rotatable bonds is 10. The molecular weight excluding hydrogens is 320 g/mol. The van der Waals surface area contributed by atoms with Gasteiger partial charge >= 0.3 is 5.97 Å². The van der Waals surface area contributed by atoms with Gasteiger partial charge in [0.05, 0.1) is 17.1 Å². The molecule has 0 heterocycles. The molecule has 1 rings (SSSR count). The predicted octanol–water partition coefficient (Wildman–Crippen LogP) is 1.91. The molecule has 0 bridgehead atoms. The first-order valence-electron chi connectivity index (χ1n) is 7.44. The fraction of sp³-hybridized carbons (Fsp3) is 0.533. The molecule has 1 atom stereocenters. The molecule has 0 aliphatic carbocycles. The van der Waals surface area contributed by atoms with E-state index in [2.05, 4.69) is 10.0 Å². The molecule has 0 saturated heterocycles. The zero-order valence-electron chi connectivity index (χ0n) is 13.6. The number of hydrogen-bond acceptors (Lipinski definition) is 5. The van der Waals surface area contributed by atoms with Gasteiger partial charge in [-0.15, -0.1) is 0 Å². The standard InChI is InChI=1S/C15H24N2O5S/c1-4-5-11(2)17-23(20,21)12-6-7-14(16-8-9-22-3)13(10-12)15(18)19/h6-7,10-11,16-17H,4-5,8-9H2,1-3H3,(H,18,19)/t11-/m1/s1. The van der Waals surface area contributed by atoms with Gasteiger partial charge in [0.25, 0.3) is 0 Å². The summed E-state index contributed by atoms with van der Waals surface area (Å²) in [6.45, 7) is 4.58. The maximum Gasteiger partial charge on any atom is 0.337 e. The lowest BCUT2D eigenvalue weighted by Crippen LogP contribution is -2.32. The third-order valence-electron chi connectivity index (χ3n) is 3.23. The number of carboxylic acid groups (broad SMARTS) is 1. The molecule has 130 valence electrons. The SMILES string of the molecule is CCC[C@@H](C)NS(=O)(=O)c1ccc(NCCOC)c(C(=O)O)c1. The maximum atomic E-state index is 12.3. The Balaban J connectivity index is 3.04. The Morgan fingerprint density at radius 1 is 1.39 bits per heavy atom. The molecule has 0 saturated carbocycles. The molecular formula is C15H24N2O5S. The molecule has 0 aromatic heterocycles. The molecule has 0 radical (unpaired) electrons. The van der Waals surface area contributed by atoms with Crippen LogP contribution in [0.1, 0.15) is 37.0 Å². The van der Waals surface area contributed by atoms with Gasteiger partial charge in [-0.25, -0.2) is 17.9 Å². The summed E-state index contributed by atoms with van der Waals surface area (Å²) in [6, 6.07) is 3.80.